The van der Waals surface area contributed by atoms with E-state index < -0.39 is 0 Å². The lowest BCUT2D eigenvalue weighted by Crippen LogP contribution is -2.17. The van der Waals surface area contributed by atoms with Gasteiger partial charge in [0.05, 0.1) is 6.61 Å². The van der Waals surface area contributed by atoms with Gasteiger partial charge in [-0.1, -0.05) is 18.7 Å². The Balaban J connectivity index is 2.74. The summed E-state index contributed by atoms with van der Waals surface area (Å²) in [6.07, 6.45) is 5.60. The molecule has 60 valence electrons. The van der Waals surface area contributed by atoms with Gasteiger partial charge >= 0.3 is 0 Å². The highest BCUT2D eigenvalue weighted by Crippen LogP contribution is 2.14. The van der Waals surface area contributed by atoms with Gasteiger partial charge in [-0.2, -0.15) is 0 Å². The normalized spacial score (nSPS) is 25.1. The Kier molecular flexibility index (Phi) is 2.72. The van der Waals surface area contributed by atoms with Crippen molar-refractivity contribution < 1.29 is 4.74 Å². The maximum absolute atomic E-state index is 5.20. The van der Waals surface area contributed by atoms with E-state index in [2.05, 4.69) is 11.7 Å². The maximum Gasteiger partial charge on any atom is 0.233 e. The molecular formula is C8H12N2O. The predicted octanol–water partition coefficient (Wildman–Crippen LogP) is 1.18. The molecule has 0 bridgehead atoms. The lowest BCUT2D eigenvalue weighted by Gasteiger charge is -2.16. The largest absolute Gasteiger partial charge is 0.476 e. The Morgan fingerprint density at radius 1 is 1.64 bits per heavy atom. The van der Waals surface area contributed by atoms with Crippen LogP contribution >= 0.6 is 0 Å². The van der Waals surface area contributed by atoms with Crippen LogP contribution in [0.25, 0.3) is 0 Å². The molecule has 1 rings (SSSR count). The van der Waals surface area contributed by atoms with E-state index in [1.54, 1.807) is 6.08 Å². The molecule has 3 nitrogen and oxygen atoms in total. The van der Waals surface area contributed by atoms with E-state index in [0.717, 1.165) is 18.4 Å². The van der Waals surface area contributed by atoms with Crippen LogP contribution in [-0.2, 0) is 4.74 Å². The van der Waals surface area contributed by atoms with E-state index in [1.165, 1.54) is 0 Å². The molecule has 0 radical (unpaired) electrons. The molecular weight excluding hydrogens is 140 g/mol. The number of rotatable bonds is 1. The van der Waals surface area contributed by atoms with Gasteiger partial charge in [-0.05, 0) is 12.8 Å². The minimum absolute atomic E-state index is 0.552. The second-order valence-electron chi connectivity index (χ2n) is 2.31. The summed E-state index contributed by atoms with van der Waals surface area (Å²) >= 11 is 0. The molecule has 3 heteroatoms. The van der Waals surface area contributed by atoms with Crippen LogP contribution in [0.3, 0.4) is 0 Å². The average molecular weight is 152 g/mol. The third-order valence-corrected chi connectivity index (χ3v) is 1.54. The second-order valence-corrected chi connectivity index (χ2v) is 2.31. The van der Waals surface area contributed by atoms with Crippen molar-refractivity contribution in [3.05, 3.63) is 24.3 Å². The molecule has 0 spiro atoms. The summed E-state index contributed by atoms with van der Waals surface area (Å²) < 4.78 is 5.20. The Morgan fingerprint density at radius 3 is 3.09 bits per heavy atom. The van der Waals surface area contributed by atoms with Gasteiger partial charge in [0, 0.05) is 5.57 Å². The van der Waals surface area contributed by atoms with E-state index in [4.69, 9.17) is 10.6 Å². The van der Waals surface area contributed by atoms with E-state index in [9.17, 15) is 0 Å². The molecule has 0 saturated carbocycles. The van der Waals surface area contributed by atoms with Crippen molar-refractivity contribution in [3.8, 4) is 0 Å². The highest BCUT2D eigenvalue weighted by Gasteiger charge is 2.12. The third-order valence-electron chi connectivity index (χ3n) is 1.54. The van der Waals surface area contributed by atoms with Gasteiger partial charge in [-0.25, -0.2) is 0 Å². The fraction of sp³-hybridized carbons (Fsp3) is 0.375. The molecule has 1 aliphatic rings. The Bertz CT molecular complexity index is 206. The Morgan fingerprint density at radius 2 is 2.45 bits per heavy atom. The number of ether oxygens (including phenoxy) is 1. The van der Waals surface area contributed by atoms with Crippen molar-refractivity contribution in [2.24, 2.45) is 10.9 Å². The first kappa shape index (κ1) is 7.85. The monoisotopic (exact) mass is 152 g/mol. The first-order valence-electron chi connectivity index (χ1n) is 3.61. The standard InChI is InChI=1S/C8H12N2O/c1-2-4-7-5-3-6-11-8(7)10-9/h2,4H,1,3,5-6,9H2/b7-4-,10-8+. The second kappa shape index (κ2) is 3.81. The number of nitrogens with zero attached hydrogens (tertiary/aromatic N) is 1. The summed E-state index contributed by atoms with van der Waals surface area (Å²) in [5.74, 6) is 5.66. The molecule has 1 aliphatic heterocycles. The zero-order valence-electron chi connectivity index (χ0n) is 6.42. The zero-order chi connectivity index (χ0) is 8.10. The molecule has 1 saturated heterocycles. The van der Waals surface area contributed by atoms with E-state index in [-0.39, 0.29) is 0 Å². The minimum atomic E-state index is 0.552. The van der Waals surface area contributed by atoms with E-state index in [1.807, 2.05) is 6.08 Å². The number of allylic oxidation sites excluding steroid dienone is 2. The SMILES string of the molecule is C=C/C=C1/CCCO/C1=N/N. The highest BCUT2D eigenvalue weighted by atomic mass is 16.5. The average Bonchev–Trinajstić information content (AvgIpc) is 2.06. The van der Waals surface area contributed by atoms with Crippen LogP contribution in [0.4, 0.5) is 0 Å². The Hall–Kier alpha value is -1.25. The van der Waals surface area contributed by atoms with Crippen molar-refractivity contribution in [2.75, 3.05) is 6.61 Å². The molecule has 2 N–H and O–H groups in total. The molecule has 1 heterocycles. The summed E-state index contributed by atoms with van der Waals surface area (Å²) in [5, 5.41) is 3.53. The summed E-state index contributed by atoms with van der Waals surface area (Å²) in [6.45, 7) is 4.31. The van der Waals surface area contributed by atoms with Crippen molar-refractivity contribution in [1.29, 1.82) is 0 Å². The molecule has 11 heavy (non-hydrogen) atoms. The molecule has 0 aliphatic carbocycles. The van der Waals surface area contributed by atoms with Gasteiger partial charge in [0.1, 0.15) is 0 Å². The summed E-state index contributed by atoms with van der Waals surface area (Å²) in [7, 11) is 0. The van der Waals surface area contributed by atoms with Gasteiger partial charge in [0.15, 0.2) is 0 Å². The number of hydrogen-bond donors (Lipinski definition) is 1. The zero-order valence-corrected chi connectivity index (χ0v) is 6.42. The molecule has 0 aromatic rings. The van der Waals surface area contributed by atoms with Gasteiger partial charge < -0.3 is 10.6 Å². The predicted molar refractivity (Wildman–Crippen MR) is 45.1 cm³/mol. The summed E-state index contributed by atoms with van der Waals surface area (Å²) in [5.41, 5.74) is 1.04. The first-order chi connectivity index (χ1) is 5.38. The lowest BCUT2D eigenvalue weighted by atomic mass is 10.1. The minimum Gasteiger partial charge on any atom is -0.476 e. The molecule has 0 unspecified atom stereocenters. The van der Waals surface area contributed by atoms with Crippen LogP contribution in [0.5, 0.6) is 0 Å². The smallest absolute Gasteiger partial charge is 0.233 e. The quantitative estimate of drug-likeness (QED) is 0.453. The Labute approximate surface area is 66.2 Å². The van der Waals surface area contributed by atoms with Crippen LogP contribution in [0, 0.1) is 0 Å². The van der Waals surface area contributed by atoms with E-state index >= 15 is 0 Å². The van der Waals surface area contributed by atoms with Crippen LogP contribution < -0.4 is 5.84 Å². The maximum atomic E-state index is 5.20. The number of hydrogen-bond acceptors (Lipinski definition) is 3. The topological polar surface area (TPSA) is 47.6 Å². The fourth-order valence-corrected chi connectivity index (χ4v) is 1.05. The van der Waals surface area contributed by atoms with E-state index in [0.29, 0.717) is 12.5 Å². The van der Waals surface area contributed by atoms with Crippen LogP contribution in [0.15, 0.2) is 29.4 Å². The molecule has 0 aromatic carbocycles. The summed E-state index contributed by atoms with van der Waals surface area (Å²) in [6, 6.07) is 0. The first-order valence-corrected chi connectivity index (χ1v) is 3.61. The molecule has 0 aromatic heterocycles. The van der Waals surface area contributed by atoms with Gasteiger partial charge in [0.2, 0.25) is 5.90 Å². The molecule has 1 fully saturated rings. The van der Waals surface area contributed by atoms with Gasteiger partial charge in [-0.3, -0.25) is 0 Å². The van der Waals surface area contributed by atoms with Gasteiger partial charge in [0.25, 0.3) is 0 Å². The number of nitrogens with two attached hydrogens (primary N) is 1. The van der Waals surface area contributed by atoms with Crippen LogP contribution in [0.2, 0.25) is 0 Å². The van der Waals surface area contributed by atoms with Crippen molar-refractivity contribution in [3.63, 3.8) is 0 Å². The third kappa shape index (κ3) is 1.83. The fourth-order valence-electron chi connectivity index (χ4n) is 1.05. The highest BCUT2D eigenvalue weighted by molar-refractivity contribution is 5.94. The molecule has 0 amide bonds. The number of hydrazone groups is 1. The van der Waals surface area contributed by atoms with Gasteiger partial charge in [-0.15, -0.1) is 5.10 Å². The van der Waals surface area contributed by atoms with Crippen molar-refractivity contribution in [2.45, 2.75) is 12.8 Å². The van der Waals surface area contributed by atoms with Crippen molar-refractivity contribution in [1.82, 2.24) is 0 Å². The van der Waals surface area contributed by atoms with Crippen LogP contribution in [-0.4, -0.2) is 12.5 Å². The van der Waals surface area contributed by atoms with Crippen molar-refractivity contribution >= 4 is 5.90 Å². The molecule has 0 atom stereocenters. The lowest BCUT2D eigenvalue weighted by molar-refractivity contribution is 0.279. The van der Waals surface area contributed by atoms with Crippen LogP contribution in [0.1, 0.15) is 12.8 Å². The summed E-state index contributed by atoms with van der Waals surface area (Å²) in [4.78, 5) is 0.